The van der Waals surface area contributed by atoms with Gasteiger partial charge >= 0.3 is 0 Å². The highest BCUT2D eigenvalue weighted by atomic mass is 32.1. The zero-order chi connectivity index (χ0) is 18.8. The number of nitrogens with one attached hydrogen (secondary N) is 2. The molecule has 140 valence electrons. The number of anilines is 1. The number of nitrogens with zero attached hydrogens (tertiary/aromatic N) is 1. The number of amides is 1. The molecule has 2 heterocycles. The normalized spacial score (nSPS) is 19.9. The Balaban J connectivity index is 1.40. The highest BCUT2D eigenvalue weighted by Crippen LogP contribution is 2.30. The van der Waals surface area contributed by atoms with Gasteiger partial charge in [-0.25, -0.2) is 13.8 Å². The molecule has 2 atom stereocenters. The summed E-state index contributed by atoms with van der Waals surface area (Å²) in [5.74, 6) is -1.19. The van der Waals surface area contributed by atoms with E-state index in [1.165, 1.54) is 4.70 Å². The molecule has 1 amide bonds. The number of fused-ring (bicyclic) bond motifs is 1. The number of piperidine rings is 1. The Labute approximate surface area is 159 Å². The molecule has 2 aromatic carbocycles. The molecule has 1 saturated heterocycles. The molecule has 1 aliphatic rings. The van der Waals surface area contributed by atoms with Gasteiger partial charge in [-0.2, -0.15) is 0 Å². The molecule has 0 saturated carbocycles. The molecule has 7 heteroatoms. The van der Waals surface area contributed by atoms with Crippen molar-refractivity contribution in [2.45, 2.75) is 18.8 Å². The predicted octanol–water partition coefficient (Wildman–Crippen LogP) is 2.98. The number of para-hydroxylation sites is 1. The maximum Gasteiger partial charge on any atom is 0.279 e. The summed E-state index contributed by atoms with van der Waals surface area (Å²) in [7, 11) is 0. The molecular formula is C20H20F2N3OS+. The first kappa shape index (κ1) is 18.0. The summed E-state index contributed by atoms with van der Waals surface area (Å²) in [6.45, 7) is 1.94. The van der Waals surface area contributed by atoms with Gasteiger partial charge in [-0.1, -0.05) is 12.1 Å². The highest BCUT2D eigenvalue weighted by molar-refractivity contribution is 7.18. The summed E-state index contributed by atoms with van der Waals surface area (Å²) in [5.41, 5.74) is 0.906. The van der Waals surface area contributed by atoms with Gasteiger partial charge < -0.3 is 10.2 Å². The third kappa shape index (κ3) is 4.14. The van der Waals surface area contributed by atoms with Crippen molar-refractivity contribution in [1.82, 2.24) is 4.98 Å². The highest BCUT2D eigenvalue weighted by Gasteiger charge is 2.28. The Hall–Kier alpha value is -2.38. The minimum absolute atomic E-state index is 0.112. The van der Waals surface area contributed by atoms with Crippen molar-refractivity contribution in [1.29, 1.82) is 0 Å². The van der Waals surface area contributed by atoms with Crippen LogP contribution in [0.15, 0.2) is 42.5 Å². The summed E-state index contributed by atoms with van der Waals surface area (Å²) < 4.78 is 28.1. The number of carbonyl (C=O) groups is 1. The lowest BCUT2D eigenvalue weighted by Gasteiger charge is -2.28. The zero-order valence-corrected chi connectivity index (χ0v) is 15.5. The largest absolute Gasteiger partial charge is 0.327 e. The first-order valence-electron chi connectivity index (χ1n) is 9.02. The number of aromatic nitrogens is 1. The Bertz CT molecular complexity index is 942. The van der Waals surface area contributed by atoms with Gasteiger partial charge in [-0.3, -0.25) is 4.79 Å². The van der Waals surface area contributed by atoms with Gasteiger partial charge in [-0.15, -0.1) is 11.3 Å². The van der Waals surface area contributed by atoms with Crippen molar-refractivity contribution in [2.75, 3.05) is 25.0 Å². The summed E-state index contributed by atoms with van der Waals surface area (Å²) in [5, 5.41) is 3.60. The summed E-state index contributed by atoms with van der Waals surface area (Å²) in [6.07, 6.45) is 2.07. The first-order chi connectivity index (χ1) is 13.1. The fourth-order valence-electron chi connectivity index (χ4n) is 3.60. The molecule has 4 rings (SSSR count). The summed E-state index contributed by atoms with van der Waals surface area (Å²) >= 11 is 1.71. The lowest BCUT2D eigenvalue weighted by Crippen LogP contribution is -3.14. The predicted molar refractivity (Wildman–Crippen MR) is 102 cm³/mol. The van der Waals surface area contributed by atoms with Crippen molar-refractivity contribution in [3.8, 4) is 0 Å². The van der Waals surface area contributed by atoms with E-state index in [-0.39, 0.29) is 18.1 Å². The maximum atomic E-state index is 13.7. The Morgan fingerprint density at radius 2 is 2.11 bits per heavy atom. The van der Waals surface area contributed by atoms with Crippen LogP contribution < -0.4 is 10.2 Å². The molecule has 4 nitrogen and oxygen atoms in total. The molecule has 0 bridgehead atoms. The number of hydrogen-bond acceptors (Lipinski definition) is 3. The number of halogens is 2. The van der Waals surface area contributed by atoms with E-state index in [2.05, 4.69) is 11.4 Å². The van der Waals surface area contributed by atoms with Crippen LogP contribution in [0.3, 0.4) is 0 Å². The van der Waals surface area contributed by atoms with Gasteiger partial charge in [-0.05, 0) is 37.1 Å². The fourth-order valence-corrected chi connectivity index (χ4v) is 4.70. The van der Waals surface area contributed by atoms with Crippen molar-refractivity contribution in [3.63, 3.8) is 0 Å². The van der Waals surface area contributed by atoms with Crippen molar-refractivity contribution >= 4 is 33.1 Å². The standard InChI is InChI=1S/C20H19F2N3OS/c21-14-7-8-15(22)17(10-14)23-19(26)12-25-9-3-4-13(11-25)20-24-16-5-1-2-6-18(16)27-20/h1-2,5-8,10,13H,3-4,9,11-12H2,(H,23,26)/p+1/t13-/m1/s1. The van der Waals surface area contributed by atoms with Gasteiger partial charge in [0.25, 0.3) is 5.91 Å². The van der Waals surface area contributed by atoms with Crippen molar-refractivity contribution < 1.29 is 18.5 Å². The van der Waals surface area contributed by atoms with Crippen LogP contribution in [0.1, 0.15) is 23.8 Å². The number of hydrogen-bond donors (Lipinski definition) is 2. The van der Waals surface area contributed by atoms with E-state index < -0.39 is 11.6 Å². The second-order valence-electron chi connectivity index (χ2n) is 6.91. The maximum absolute atomic E-state index is 13.7. The van der Waals surface area contributed by atoms with Crippen molar-refractivity contribution in [2.24, 2.45) is 0 Å². The van der Waals surface area contributed by atoms with E-state index in [1.807, 2.05) is 18.2 Å². The number of thiazole rings is 1. The van der Waals surface area contributed by atoms with Gasteiger partial charge in [0.1, 0.15) is 16.6 Å². The van der Waals surface area contributed by atoms with Gasteiger partial charge in [0, 0.05) is 6.07 Å². The van der Waals surface area contributed by atoms with E-state index in [1.54, 1.807) is 11.3 Å². The first-order valence-corrected chi connectivity index (χ1v) is 9.84. The fraction of sp³-hybridized carbons (Fsp3) is 0.300. The smallest absolute Gasteiger partial charge is 0.279 e. The number of carbonyl (C=O) groups excluding carboxylic acids is 1. The molecule has 1 aromatic heterocycles. The van der Waals surface area contributed by atoms with E-state index >= 15 is 0 Å². The number of benzene rings is 2. The Kier molecular flexibility index (Phi) is 5.13. The lowest BCUT2D eigenvalue weighted by molar-refractivity contribution is -0.898. The van der Waals surface area contributed by atoms with Crippen LogP contribution in [-0.2, 0) is 4.79 Å². The molecule has 0 spiro atoms. The van der Waals surface area contributed by atoms with Crippen LogP contribution in [0, 0.1) is 11.6 Å². The minimum Gasteiger partial charge on any atom is -0.327 e. The van der Waals surface area contributed by atoms with Gasteiger partial charge in [0.15, 0.2) is 6.54 Å². The van der Waals surface area contributed by atoms with Crippen molar-refractivity contribution in [3.05, 3.63) is 59.1 Å². The van der Waals surface area contributed by atoms with E-state index in [9.17, 15) is 13.6 Å². The average molecular weight is 388 g/mol. The third-order valence-corrected chi connectivity index (χ3v) is 6.09. The second-order valence-corrected chi connectivity index (χ2v) is 7.97. The van der Waals surface area contributed by atoms with Gasteiger partial charge in [0.2, 0.25) is 0 Å². The second kappa shape index (κ2) is 7.70. The number of rotatable bonds is 4. The Morgan fingerprint density at radius 3 is 2.96 bits per heavy atom. The van der Waals surface area contributed by atoms with Crippen LogP contribution in [-0.4, -0.2) is 30.5 Å². The van der Waals surface area contributed by atoms with Crippen LogP contribution in [0.25, 0.3) is 10.2 Å². The summed E-state index contributed by atoms with van der Waals surface area (Å²) in [4.78, 5) is 18.2. The molecule has 1 unspecified atom stereocenters. The molecule has 0 radical (unpaired) electrons. The number of likely N-dealkylation sites (tertiary alicyclic amines) is 1. The third-order valence-electron chi connectivity index (χ3n) is 4.89. The molecular weight excluding hydrogens is 368 g/mol. The van der Waals surface area contributed by atoms with E-state index in [0.29, 0.717) is 5.92 Å². The lowest BCUT2D eigenvalue weighted by atomic mass is 9.99. The zero-order valence-electron chi connectivity index (χ0n) is 14.7. The molecule has 27 heavy (non-hydrogen) atoms. The quantitative estimate of drug-likeness (QED) is 0.722. The topological polar surface area (TPSA) is 46.4 Å². The monoisotopic (exact) mass is 388 g/mol. The summed E-state index contributed by atoms with van der Waals surface area (Å²) in [6, 6.07) is 11.1. The molecule has 3 aromatic rings. The molecule has 1 fully saturated rings. The van der Waals surface area contributed by atoms with Crippen LogP contribution >= 0.6 is 11.3 Å². The minimum atomic E-state index is -0.634. The van der Waals surface area contributed by atoms with Crippen LogP contribution in [0.4, 0.5) is 14.5 Å². The van der Waals surface area contributed by atoms with Crippen LogP contribution in [0.2, 0.25) is 0 Å². The Morgan fingerprint density at radius 1 is 1.26 bits per heavy atom. The van der Waals surface area contributed by atoms with E-state index in [4.69, 9.17) is 4.98 Å². The number of quaternary nitrogens is 1. The van der Waals surface area contributed by atoms with Gasteiger partial charge in [0.05, 0.1) is 34.9 Å². The molecule has 2 N–H and O–H groups in total. The van der Waals surface area contributed by atoms with E-state index in [0.717, 1.165) is 59.6 Å². The van der Waals surface area contributed by atoms with Crippen LogP contribution in [0.5, 0.6) is 0 Å². The molecule has 0 aliphatic carbocycles. The average Bonchev–Trinajstić information content (AvgIpc) is 3.09. The SMILES string of the molecule is O=C(C[NH+]1CCC[C@@H](c2nc3ccccc3s2)C1)Nc1cc(F)ccc1F. The molecule has 1 aliphatic heterocycles.